The van der Waals surface area contributed by atoms with Crippen molar-refractivity contribution in [2.75, 3.05) is 6.61 Å². The summed E-state index contributed by atoms with van der Waals surface area (Å²) in [5.41, 5.74) is 0. The molecule has 6 heteroatoms. The van der Waals surface area contributed by atoms with Crippen LogP contribution in [0.3, 0.4) is 0 Å². The lowest BCUT2D eigenvalue weighted by Gasteiger charge is -2.38. The topological polar surface area (TPSA) is 79.2 Å². The summed E-state index contributed by atoms with van der Waals surface area (Å²) in [6.45, 7) is 1.80. The van der Waals surface area contributed by atoms with Crippen molar-refractivity contribution in [3.8, 4) is 0 Å². The molecule has 1 rings (SSSR count). The first-order valence-corrected chi connectivity index (χ1v) is 4.56. The van der Waals surface area contributed by atoms with Gasteiger partial charge in [-0.05, 0) is 6.92 Å². The Kier molecular flexibility index (Phi) is 4.04. The summed E-state index contributed by atoms with van der Waals surface area (Å²) in [4.78, 5) is 0. The highest BCUT2D eigenvalue weighted by molar-refractivity contribution is 7.09. The lowest BCUT2D eigenvalue weighted by molar-refractivity contribution is -0.221. The molecule has 0 saturated carbocycles. The maximum Gasteiger partial charge on any atom is 0.111 e. The molecule has 13 heavy (non-hydrogen) atoms. The first-order chi connectivity index (χ1) is 6.07. The second-order valence-electron chi connectivity index (χ2n) is 3.18. The molecule has 1 aliphatic rings. The Morgan fingerprint density at radius 3 is 2.38 bits per heavy atom. The highest BCUT2D eigenvalue weighted by atomic mass is 31.0. The normalized spacial score (nSPS) is 46.4. The van der Waals surface area contributed by atoms with Gasteiger partial charge in [0.15, 0.2) is 0 Å². The van der Waals surface area contributed by atoms with Crippen LogP contribution in [0.4, 0.5) is 0 Å². The maximum atomic E-state index is 9.43. The summed E-state index contributed by atoms with van der Waals surface area (Å²) in [7, 11) is 2.04. The van der Waals surface area contributed by atoms with Gasteiger partial charge in [-0.3, -0.25) is 0 Å². The van der Waals surface area contributed by atoms with E-state index in [1.54, 1.807) is 6.92 Å². The van der Waals surface area contributed by atoms with Gasteiger partial charge >= 0.3 is 0 Å². The van der Waals surface area contributed by atoms with Gasteiger partial charge in [-0.2, -0.15) is 0 Å². The highest BCUT2D eigenvalue weighted by Gasteiger charge is 2.41. The fourth-order valence-electron chi connectivity index (χ4n) is 1.37. The third kappa shape index (κ3) is 2.37. The van der Waals surface area contributed by atoms with Gasteiger partial charge < -0.3 is 24.6 Å². The van der Waals surface area contributed by atoms with Crippen LogP contribution in [0, 0.1) is 0 Å². The lowest BCUT2D eigenvalue weighted by Crippen LogP contribution is -2.57. The van der Waals surface area contributed by atoms with Gasteiger partial charge in [0.1, 0.15) is 24.4 Å². The van der Waals surface area contributed by atoms with E-state index in [-0.39, 0.29) is 6.61 Å². The minimum absolute atomic E-state index is 0.167. The molecule has 0 aromatic heterocycles. The Hall–Kier alpha value is 0.230. The molecule has 0 aliphatic carbocycles. The molecule has 0 amide bonds. The number of rotatable bonds is 2. The van der Waals surface area contributed by atoms with Gasteiger partial charge in [0.2, 0.25) is 0 Å². The molecule has 1 fully saturated rings. The summed E-state index contributed by atoms with van der Waals surface area (Å²) < 4.78 is 9.95. The number of hydrogen-bond donors (Lipinski definition) is 3. The van der Waals surface area contributed by atoms with E-state index >= 15 is 0 Å². The molecule has 3 N–H and O–H groups in total. The van der Waals surface area contributed by atoms with Crippen molar-refractivity contribution in [1.82, 2.24) is 0 Å². The van der Waals surface area contributed by atoms with Crippen LogP contribution < -0.4 is 0 Å². The van der Waals surface area contributed by atoms with Crippen molar-refractivity contribution in [2.45, 2.75) is 37.4 Å². The summed E-state index contributed by atoms with van der Waals surface area (Å²) in [5.74, 6) is 0. The molecular weight excluding hydrogens is 195 g/mol. The monoisotopic (exact) mass is 210 g/mol. The van der Waals surface area contributed by atoms with E-state index in [2.05, 4.69) is 0 Å². The third-order valence-electron chi connectivity index (χ3n) is 2.21. The molecule has 78 valence electrons. The number of aliphatic hydroxyl groups excluding tert-OH is 3. The van der Waals surface area contributed by atoms with Gasteiger partial charge in [-0.1, -0.05) is 0 Å². The molecule has 0 bridgehead atoms. The Morgan fingerprint density at radius 2 is 1.85 bits per heavy atom. The fraction of sp³-hybridized carbons (Fsp3) is 1.00. The van der Waals surface area contributed by atoms with Gasteiger partial charge in [-0.25, -0.2) is 0 Å². The van der Waals surface area contributed by atoms with Crippen molar-refractivity contribution in [1.29, 1.82) is 0 Å². The van der Waals surface area contributed by atoms with E-state index in [4.69, 9.17) is 9.26 Å². The second-order valence-corrected chi connectivity index (χ2v) is 3.52. The molecule has 0 aromatic carbocycles. The Labute approximate surface area is 78.9 Å². The van der Waals surface area contributed by atoms with Gasteiger partial charge in [0, 0.05) is 9.47 Å². The van der Waals surface area contributed by atoms with Crippen LogP contribution in [0.25, 0.3) is 0 Å². The SMILES string of the molecule is CC1O[C@H](COP)[C@@H](O)[C@H](O)[C@H]1O. The van der Waals surface area contributed by atoms with Crippen molar-refractivity contribution in [3.05, 3.63) is 0 Å². The first-order valence-electron chi connectivity index (χ1n) is 4.09. The standard InChI is InChI=1S/C7H15O5P/c1-3-5(8)7(10)6(9)4(12-3)2-11-13/h3-10H,2,13H2,1H3/t3?,4-,5+,6-,7-/m1/s1. The van der Waals surface area contributed by atoms with E-state index < -0.39 is 30.5 Å². The number of aliphatic hydroxyl groups is 3. The molecule has 5 nitrogen and oxygen atoms in total. The molecule has 0 aromatic rings. The van der Waals surface area contributed by atoms with Crippen LogP contribution in [0.1, 0.15) is 6.92 Å². The van der Waals surface area contributed by atoms with Crippen molar-refractivity contribution in [3.63, 3.8) is 0 Å². The Bertz CT molecular complexity index is 167. The quantitative estimate of drug-likeness (QED) is 0.492. The van der Waals surface area contributed by atoms with Crippen LogP contribution in [-0.4, -0.2) is 52.4 Å². The van der Waals surface area contributed by atoms with E-state index in [1.165, 1.54) is 0 Å². The van der Waals surface area contributed by atoms with Crippen LogP contribution in [0.15, 0.2) is 0 Å². The maximum absolute atomic E-state index is 9.43. The zero-order valence-corrected chi connectivity index (χ0v) is 8.48. The molecule has 0 spiro atoms. The Morgan fingerprint density at radius 1 is 1.23 bits per heavy atom. The smallest absolute Gasteiger partial charge is 0.111 e. The zero-order chi connectivity index (χ0) is 10.0. The molecule has 1 saturated heterocycles. The largest absolute Gasteiger partial charge is 0.388 e. The van der Waals surface area contributed by atoms with Crippen LogP contribution in [0.2, 0.25) is 0 Å². The van der Waals surface area contributed by atoms with Crippen LogP contribution >= 0.6 is 9.47 Å². The summed E-state index contributed by atoms with van der Waals surface area (Å²) in [5, 5.41) is 28.1. The zero-order valence-electron chi connectivity index (χ0n) is 7.33. The summed E-state index contributed by atoms with van der Waals surface area (Å²) in [6, 6.07) is 0. The average molecular weight is 210 g/mol. The third-order valence-corrected chi connectivity index (χ3v) is 2.40. The predicted molar refractivity (Wildman–Crippen MR) is 48.0 cm³/mol. The molecule has 1 heterocycles. The summed E-state index contributed by atoms with van der Waals surface area (Å²) in [6.07, 6.45) is -4.41. The van der Waals surface area contributed by atoms with Crippen molar-refractivity contribution < 1.29 is 24.6 Å². The molecule has 1 aliphatic heterocycles. The van der Waals surface area contributed by atoms with Crippen molar-refractivity contribution in [2.24, 2.45) is 0 Å². The molecule has 0 radical (unpaired) electrons. The fourth-order valence-corrected chi connectivity index (χ4v) is 1.56. The Balaban J connectivity index is 2.59. The highest BCUT2D eigenvalue weighted by Crippen LogP contribution is 2.21. The summed E-state index contributed by atoms with van der Waals surface area (Å²) >= 11 is 0. The van der Waals surface area contributed by atoms with E-state index in [0.717, 1.165) is 0 Å². The van der Waals surface area contributed by atoms with E-state index in [0.29, 0.717) is 0 Å². The van der Waals surface area contributed by atoms with Gasteiger partial charge in [0.25, 0.3) is 0 Å². The number of hydrogen-bond acceptors (Lipinski definition) is 5. The second kappa shape index (κ2) is 4.64. The minimum Gasteiger partial charge on any atom is -0.388 e. The van der Waals surface area contributed by atoms with E-state index in [1.807, 2.05) is 9.47 Å². The van der Waals surface area contributed by atoms with Gasteiger partial charge in [-0.15, -0.1) is 0 Å². The lowest BCUT2D eigenvalue weighted by atomic mass is 9.96. The number of ether oxygens (including phenoxy) is 1. The van der Waals surface area contributed by atoms with E-state index in [9.17, 15) is 15.3 Å². The molecule has 2 unspecified atom stereocenters. The van der Waals surface area contributed by atoms with Crippen LogP contribution in [0.5, 0.6) is 0 Å². The van der Waals surface area contributed by atoms with Crippen molar-refractivity contribution >= 4 is 9.47 Å². The molecular formula is C7H15O5P. The minimum atomic E-state index is -1.17. The predicted octanol–water partition coefficient (Wildman–Crippen LogP) is -1.34. The average Bonchev–Trinajstić information content (AvgIpc) is 2.11. The first kappa shape index (κ1) is 11.3. The van der Waals surface area contributed by atoms with Gasteiger partial charge in [0.05, 0.1) is 12.7 Å². The van der Waals surface area contributed by atoms with Crippen LogP contribution in [-0.2, 0) is 9.26 Å². The molecule has 6 atom stereocenters.